The van der Waals surface area contributed by atoms with Crippen molar-refractivity contribution in [3.8, 4) is 16.9 Å². The lowest BCUT2D eigenvalue weighted by Crippen LogP contribution is -2.22. The molecule has 0 aliphatic carbocycles. The van der Waals surface area contributed by atoms with Crippen LogP contribution in [-0.2, 0) is 6.42 Å². The molecule has 3 nitrogen and oxygen atoms in total. The zero-order valence-corrected chi connectivity index (χ0v) is 14.7. The quantitative estimate of drug-likeness (QED) is 0.693. The van der Waals surface area contributed by atoms with Gasteiger partial charge in [-0.15, -0.1) is 0 Å². The van der Waals surface area contributed by atoms with E-state index in [0.717, 1.165) is 52.1 Å². The number of aromatic nitrogens is 1. The Morgan fingerprint density at radius 2 is 1.75 bits per heavy atom. The molecule has 24 heavy (non-hydrogen) atoms. The molecular formula is C20H17BrN2O. The van der Waals surface area contributed by atoms with Crippen LogP contribution in [0.3, 0.4) is 0 Å². The zero-order chi connectivity index (χ0) is 16.5. The van der Waals surface area contributed by atoms with Gasteiger partial charge in [0.05, 0.1) is 11.3 Å². The summed E-state index contributed by atoms with van der Waals surface area (Å²) in [5, 5.41) is 2.99. The topological polar surface area (TPSA) is 34.0 Å². The Balaban J connectivity index is 1.98. The highest BCUT2D eigenvalue weighted by Crippen LogP contribution is 2.31. The summed E-state index contributed by atoms with van der Waals surface area (Å²) < 4.78 is 3.27. The molecule has 3 aromatic rings. The van der Waals surface area contributed by atoms with E-state index < -0.39 is 0 Å². The van der Waals surface area contributed by atoms with Gasteiger partial charge in [0.2, 0.25) is 0 Å². The maximum Gasteiger partial charge on any atom is 0.253 e. The second-order valence-corrected chi connectivity index (χ2v) is 6.84. The molecule has 0 saturated heterocycles. The number of carbonyl (C=O) groups is 1. The van der Waals surface area contributed by atoms with Crippen LogP contribution in [0.15, 0.2) is 65.1 Å². The number of hydrogen-bond acceptors (Lipinski definition) is 1. The Kier molecular flexibility index (Phi) is 3.98. The van der Waals surface area contributed by atoms with Crippen LogP contribution in [-0.4, -0.2) is 17.0 Å². The van der Waals surface area contributed by atoms with Gasteiger partial charge in [-0.05, 0) is 48.7 Å². The molecule has 0 fully saturated rings. The first-order chi connectivity index (χ1) is 11.7. The van der Waals surface area contributed by atoms with E-state index in [0.29, 0.717) is 0 Å². The molecule has 0 radical (unpaired) electrons. The fourth-order valence-electron chi connectivity index (χ4n) is 3.25. The number of hydrogen-bond donors (Lipinski definition) is 1. The van der Waals surface area contributed by atoms with E-state index in [1.165, 1.54) is 0 Å². The van der Waals surface area contributed by atoms with Gasteiger partial charge in [0, 0.05) is 22.4 Å². The lowest BCUT2D eigenvalue weighted by atomic mass is 10.1. The summed E-state index contributed by atoms with van der Waals surface area (Å²) in [4.78, 5) is 12.5. The molecule has 1 aliphatic rings. The number of fused-ring (bicyclic) bond motifs is 1. The number of benzene rings is 2. The number of carbonyl (C=O) groups excluding carboxylic acids is 1. The molecule has 2 heterocycles. The summed E-state index contributed by atoms with van der Waals surface area (Å²) in [7, 11) is 0. The minimum atomic E-state index is 0.0237. The van der Waals surface area contributed by atoms with Gasteiger partial charge in [0.25, 0.3) is 5.91 Å². The second-order valence-electron chi connectivity index (χ2n) is 5.93. The van der Waals surface area contributed by atoms with Crippen molar-refractivity contribution in [2.24, 2.45) is 0 Å². The van der Waals surface area contributed by atoms with E-state index in [1.54, 1.807) is 0 Å². The third-order valence-corrected chi connectivity index (χ3v) is 4.91. The average Bonchev–Trinajstić information content (AvgIpc) is 2.90. The monoisotopic (exact) mass is 380 g/mol. The van der Waals surface area contributed by atoms with Crippen molar-refractivity contribution in [3.05, 3.63) is 76.4 Å². The van der Waals surface area contributed by atoms with Gasteiger partial charge in [0.15, 0.2) is 0 Å². The van der Waals surface area contributed by atoms with Gasteiger partial charge in [0.1, 0.15) is 0 Å². The van der Waals surface area contributed by atoms with Crippen LogP contribution in [0, 0.1) is 0 Å². The maximum atomic E-state index is 12.5. The number of nitrogens with zero attached hydrogens (tertiary/aromatic N) is 1. The number of nitrogens with one attached hydrogen (secondary N) is 1. The molecule has 1 aromatic heterocycles. The summed E-state index contributed by atoms with van der Waals surface area (Å²) in [5.74, 6) is 0.0237. The fourth-order valence-corrected chi connectivity index (χ4v) is 3.52. The molecule has 0 bridgehead atoms. The SMILES string of the molecule is O=C1NCCCc2c1cc(-c1ccccc1)n2-c1ccc(Br)cc1. The molecule has 1 amide bonds. The maximum absolute atomic E-state index is 12.5. The van der Waals surface area contributed by atoms with E-state index in [2.05, 4.69) is 50.1 Å². The van der Waals surface area contributed by atoms with Gasteiger partial charge < -0.3 is 9.88 Å². The van der Waals surface area contributed by atoms with Gasteiger partial charge in [-0.25, -0.2) is 0 Å². The van der Waals surface area contributed by atoms with E-state index in [4.69, 9.17) is 0 Å². The van der Waals surface area contributed by atoms with Crippen molar-refractivity contribution in [2.45, 2.75) is 12.8 Å². The van der Waals surface area contributed by atoms with Crippen molar-refractivity contribution in [1.29, 1.82) is 0 Å². The molecule has 1 N–H and O–H groups in total. The zero-order valence-electron chi connectivity index (χ0n) is 13.1. The average molecular weight is 381 g/mol. The van der Waals surface area contributed by atoms with Crippen LogP contribution in [0.5, 0.6) is 0 Å². The van der Waals surface area contributed by atoms with Crippen molar-refractivity contribution in [3.63, 3.8) is 0 Å². The van der Waals surface area contributed by atoms with E-state index in [1.807, 2.05) is 36.4 Å². The van der Waals surface area contributed by atoms with Crippen molar-refractivity contribution in [1.82, 2.24) is 9.88 Å². The number of amides is 1. The molecule has 4 rings (SSSR count). The molecule has 0 unspecified atom stereocenters. The fraction of sp³-hybridized carbons (Fsp3) is 0.150. The first kappa shape index (κ1) is 15.2. The standard InChI is InChI=1S/C20H17BrN2O/c21-15-8-10-16(11-9-15)23-18-7-4-12-22-20(24)17(18)13-19(23)14-5-2-1-3-6-14/h1-3,5-6,8-11,13H,4,7,12H2,(H,22,24). The summed E-state index contributed by atoms with van der Waals surface area (Å²) in [6, 6.07) is 20.5. The van der Waals surface area contributed by atoms with Crippen LogP contribution in [0.1, 0.15) is 22.5 Å². The van der Waals surface area contributed by atoms with Crippen LogP contribution < -0.4 is 5.32 Å². The lowest BCUT2D eigenvalue weighted by Gasteiger charge is -2.14. The second kappa shape index (κ2) is 6.29. The third-order valence-electron chi connectivity index (χ3n) is 4.38. The Morgan fingerprint density at radius 3 is 2.50 bits per heavy atom. The van der Waals surface area contributed by atoms with Gasteiger partial charge >= 0.3 is 0 Å². The lowest BCUT2D eigenvalue weighted by molar-refractivity contribution is 0.0956. The van der Waals surface area contributed by atoms with E-state index >= 15 is 0 Å². The highest BCUT2D eigenvalue weighted by Gasteiger charge is 2.23. The van der Waals surface area contributed by atoms with Crippen LogP contribution in [0.2, 0.25) is 0 Å². The van der Waals surface area contributed by atoms with Crippen molar-refractivity contribution < 1.29 is 4.79 Å². The predicted octanol–water partition coefficient (Wildman–Crippen LogP) is 4.58. The molecule has 0 spiro atoms. The largest absolute Gasteiger partial charge is 0.352 e. The molecule has 2 aromatic carbocycles. The van der Waals surface area contributed by atoms with Crippen LogP contribution >= 0.6 is 15.9 Å². The summed E-state index contributed by atoms with van der Waals surface area (Å²) in [6.07, 6.45) is 1.84. The Labute approximate surface area is 149 Å². The Bertz CT molecular complexity index is 882. The molecule has 0 saturated carbocycles. The summed E-state index contributed by atoms with van der Waals surface area (Å²) in [5.41, 5.74) is 5.12. The molecule has 120 valence electrons. The normalized spacial score (nSPS) is 14.0. The van der Waals surface area contributed by atoms with Crippen molar-refractivity contribution in [2.75, 3.05) is 6.54 Å². The first-order valence-corrected chi connectivity index (χ1v) is 8.87. The Hall–Kier alpha value is -2.33. The van der Waals surface area contributed by atoms with Crippen molar-refractivity contribution >= 4 is 21.8 Å². The smallest absolute Gasteiger partial charge is 0.253 e. The number of rotatable bonds is 2. The highest BCUT2D eigenvalue weighted by atomic mass is 79.9. The molecule has 1 aliphatic heterocycles. The predicted molar refractivity (Wildman–Crippen MR) is 99.6 cm³/mol. The first-order valence-electron chi connectivity index (χ1n) is 8.08. The molecular weight excluding hydrogens is 364 g/mol. The summed E-state index contributed by atoms with van der Waals surface area (Å²) >= 11 is 3.50. The van der Waals surface area contributed by atoms with Gasteiger partial charge in [-0.3, -0.25) is 4.79 Å². The number of halogens is 1. The van der Waals surface area contributed by atoms with Crippen LogP contribution in [0.25, 0.3) is 16.9 Å². The minimum absolute atomic E-state index is 0.0237. The van der Waals surface area contributed by atoms with Crippen LogP contribution in [0.4, 0.5) is 0 Å². The summed E-state index contributed by atoms with van der Waals surface area (Å²) in [6.45, 7) is 0.731. The molecule has 0 atom stereocenters. The van der Waals surface area contributed by atoms with Gasteiger partial charge in [-0.2, -0.15) is 0 Å². The van der Waals surface area contributed by atoms with E-state index in [-0.39, 0.29) is 5.91 Å². The van der Waals surface area contributed by atoms with E-state index in [9.17, 15) is 4.79 Å². The minimum Gasteiger partial charge on any atom is -0.352 e. The molecule has 4 heteroatoms. The Morgan fingerprint density at radius 1 is 1.00 bits per heavy atom. The van der Waals surface area contributed by atoms with Gasteiger partial charge in [-0.1, -0.05) is 46.3 Å². The highest BCUT2D eigenvalue weighted by molar-refractivity contribution is 9.10. The third kappa shape index (κ3) is 2.67.